The van der Waals surface area contributed by atoms with Crippen LogP contribution in [0.3, 0.4) is 0 Å². The molecule has 6 nitrogen and oxygen atoms in total. The van der Waals surface area contributed by atoms with Gasteiger partial charge in [0, 0.05) is 44.5 Å². The van der Waals surface area contributed by atoms with Gasteiger partial charge in [0.05, 0.1) is 5.75 Å². The Morgan fingerprint density at radius 1 is 1.24 bits per heavy atom. The molecule has 1 aromatic carbocycles. The van der Waals surface area contributed by atoms with Crippen molar-refractivity contribution in [2.45, 2.75) is 13.8 Å². The van der Waals surface area contributed by atoms with Crippen LogP contribution < -0.4 is 10.2 Å². The van der Waals surface area contributed by atoms with Gasteiger partial charge in [-0.1, -0.05) is 6.07 Å². The van der Waals surface area contributed by atoms with Gasteiger partial charge in [0.2, 0.25) is 15.9 Å². The lowest BCUT2D eigenvalue weighted by Crippen LogP contribution is -2.49. The maximum absolute atomic E-state index is 11.8. The zero-order chi connectivity index (χ0) is 15.5. The third-order valence-electron chi connectivity index (χ3n) is 3.53. The van der Waals surface area contributed by atoms with E-state index in [1.54, 1.807) is 11.2 Å². The third kappa shape index (κ3) is 3.95. The molecular formula is C14H21N3O3S. The molecule has 1 fully saturated rings. The second kappa shape index (κ2) is 6.44. The largest absolute Gasteiger partial charge is 0.369 e. The number of hydrogen-bond donors (Lipinski definition) is 1. The molecule has 0 spiro atoms. The van der Waals surface area contributed by atoms with Gasteiger partial charge in [0.15, 0.2) is 0 Å². The molecule has 1 N–H and O–H groups in total. The first-order valence-corrected chi connectivity index (χ1v) is 8.63. The van der Waals surface area contributed by atoms with E-state index in [0.29, 0.717) is 26.2 Å². The summed E-state index contributed by atoms with van der Waals surface area (Å²) in [6.45, 7) is 5.45. The molecule has 116 valence electrons. The molecule has 0 saturated carbocycles. The fourth-order valence-electron chi connectivity index (χ4n) is 2.39. The summed E-state index contributed by atoms with van der Waals surface area (Å²) in [7, 11) is -3.10. The summed E-state index contributed by atoms with van der Waals surface area (Å²) in [5.41, 5.74) is 1.75. The summed E-state index contributed by atoms with van der Waals surface area (Å²) in [4.78, 5) is 13.2. The Kier molecular flexibility index (Phi) is 4.84. The second-order valence-corrected chi connectivity index (χ2v) is 7.28. The van der Waals surface area contributed by atoms with Gasteiger partial charge in [0.25, 0.3) is 0 Å². The van der Waals surface area contributed by atoms with Crippen molar-refractivity contribution in [3.8, 4) is 0 Å². The highest BCUT2D eigenvalue weighted by molar-refractivity contribution is 7.89. The van der Waals surface area contributed by atoms with Gasteiger partial charge in [-0.05, 0) is 25.1 Å². The second-order valence-electron chi connectivity index (χ2n) is 5.02. The van der Waals surface area contributed by atoms with E-state index in [-0.39, 0.29) is 11.7 Å². The minimum Gasteiger partial charge on any atom is -0.369 e. The first-order valence-electron chi connectivity index (χ1n) is 7.03. The first kappa shape index (κ1) is 15.8. The predicted molar refractivity (Wildman–Crippen MR) is 84.0 cm³/mol. The van der Waals surface area contributed by atoms with E-state index in [1.165, 1.54) is 6.92 Å². The number of anilines is 2. The molecule has 1 saturated heterocycles. The van der Waals surface area contributed by atoms with E-state index in [1.807, 2.05) is 24.3 Å². The number of sulfonamides is 1. The first-order chi connectivity index (χ1) is 9.92. The van der Waals surface area contributed by atoms with E-state index in [2.05, 4.69) is 10.2 Å². The van der Waals surface area contributed by atoms with Gasteiger partial charge in [-0.3, -0.25) is 4.79 Å². The van der Waals surface area contributed by atoms with Crippen LogP contribution in [0.25, 0.3) is 0 Å². The van der Waals surface area contributed by atoms with Crippen LogP contribution in [0, 0.1) is 0 Å². The fraction of sp³-hybridized carbons (Fsp3) is 0.500. The molecule has 1 aliphatic heterocycles. The number of benzene rings is 1. The summed E-state index contributed by atoms with van der Waals surface area (Å²) in [5.74, 6) is 0.0383. The molecule has 1 heterocycles. The van der Waals surface area contributed by atoms with Gasteiger partial charge in [-0.25, -0.2) is 8.42 Å². The van der Waals surface area contributed by atoms with Crippen LogP contribution in [-0.4, -0.2) is 50.6 Å². The average Bonchev–Trinajstić information content (AvgIpc) is 2.47. The average molecular weight is 311 g/mol. The topological polar surface area (TPSA) is 69.7 Å². The van der Waals surface area contributed by atoms with Crippen molar-refractivity contribution in [3.05, 3.63) is 24.3 Å². The Balaban J connectivity index is 2.04. The Morgan fingerprint density at radius 3 is 2.48 bits per heavy atom. The molecule has 21 heavy (non-hydrogen) atoms. The molecule has 0 bridgehead atoms. The molecule has 0 aromatic heterocycles. The van der Waals surface area contributed by atoms with Crippen molar-refractivity contribution in [1.29, 1.82) is 0 Å². The lowest BCUT2D eigenvalue weighted by atomic mass is 10.2. The number of nitrogens with zero attached hydrogens (tertiary/aromatic N) is 2. The van der Waals surface area contributed by atoms with Gasteiger partial charge in [0.1, 0.15) is 0 Å². The molecule has 0 radical (unpaired) electrons. The molecule has 1 aliphatic rings. The van der Waals surface area contributed by atoms with Crippen molar-refractivity contribution in [2.75, 3.05) is 42.1 Å². The number of piperazine rings is 1. The quantitative estimate of drug-likeness (QED) is 0.904. The monoisotopic (exact) mass is 311 g/mol. The highest BCUT2D eigenvalue weighted by Gasteiger charge is 2.25. The number of nitrogens with one attached hydrogen (secondary N) is 1. The van der Waals surface area contributed by atoms with Crippen molar-refractivity contribution in [1.82, 2.24) is 4.31 Å². The van der Waals surface area contributed by atoms with E-state index in [0.717, 1.165) is 11.4 Å². The van der Waals surface area contributed by atoms with Crippen molar-refractivity contribution < 1.29 is 13.2 Å². The van der Waals surface area contributed by atoms with Crippen molar-refractivity contribution >= 4 is 27.3 Å². The highest BCUT2D eigenvalue weighted by Crippen LogP contribution is 2.21. The molecule has 7 heteroatoms. The predicted octanol–water partition coefficient (Wildman–Crippen LogP) is 1.12. The van der Waals surface area contributed by atoms with Gasteiger partial charge in [-0.15, -0.1) is 0 Å². The Labute approximate surface area is 125 Å². The van der Waals surface area contributed by atoms with E-state index in [4.69, 9.17) is 0 Å². The Morgan fingerprint density at radius 2 is 1.90 bits per heavy atom. The number of hydrogen-bond acceptors (Lipinski definition) is 4. The van der Waals surface area contributed by atoms with Crippen LogP contribution in [0.5, 0.6) is 0 Å². The molecule has 0 unspecified atom stereocenters. The van der Waals surface area contributed by atoms with Crippen molar-refractivity contribution in [2.24, 2.45) is 0 Å². The third-order valence-corrected chi connectivity index (χ3v) is 5.41. The van der Waals surface area contributed by atoms with Crippen LogP contribution in [0.15, 0.2) is 24.3 Å². The summed E-state index contributed by atoms with van der Waals surface area (Å²) < 4.78 is 25.2. The van der Waals surface area contributed by atoms with E-state index >= 15 is 0 Å². The van der Waals surface area contributed by atoms with Crippen LogP contribution in [-0.2, 0) is 14.8 Å². The smallest absolute Gasteiger partial charge is 0.221 e. The lowest BCUT2D eigenvalue weighted by Gasteiger charge is -2.35. The number of carbonyl (C=O) groups is 1. The maximum atomic E-state index is 11.8. The zero-order valence-electron chi connectivity index (χ0n) is 12.4. The SMILES string of the molecule is CCS(=O)(=O)N1CCN(c2cccc(NC(C)=O)c2)CC1. The summed E-state index contributed by atoms with van der Waals surface area (Å²) in [5, 5.41) is 2.75. The molecular weight excluding hydrogens is 290 g/mol. The van der Waals surface area contributed by atoms with Crippen molar-refractivity contribution in [3.63, 3.8) is 0 Å². The molecule has 0 atom stereocenters. The zero-order valence-corrected chi connectivity index (χ0v) is 13.2. The minimum atomic E-state index is -3.10. The molecule has 1 amide bonds. The van der Waals surface area contributed by atoms with Crippen LogP contribution in [0.4, 0.5) is 11.4 Å². The van der Waals surface area contributed by atoms with E-state index in [9.17, 15) is 13.2 Å². The van der Waals surface area contributed by atoms with Crippen LogP contribution in [0.2, 0.25) is 0 Å². The number of rotatable bonds is 4. The van der Waals surface area contributed by atoms with E-state index < -0.39 is 10.0 Å². The highest BCUT2D eigenvalue weighted by atomic mass is 32.2. The van der Waals surface area contributed by atoms with Crippen LogP contribution >= 0.6 is 0 Å². The molecule has 1 aromatic rings. The Hall–Kier alpha value is -1.60. The summed E-state index contributed by atoms with van der Waals surface area (Å²) >= 11 is 0. The fourth-order valence-corrected chi connectivity index (χ4v) is 3.48. The van der Waals surface area contributed by atoms with Gasteiger partial charge in [-0.2, -0.15) is 4.31 Å². The minimum absolute atomic E-state index is 0.106. The summed E-state index contributed by atoms with van der Waals surface area (Å²) in [6, 6.07) is 7.60. The number of amides is 1. The van der Waals surface area contributed by atoms with Gasteiger partial charge < -0.3 is 10.2 Å². The normalized spacial score (nSPS) is 16.8. The Bertz CT molecular complexity index is 608. The summed E-state index contributed by atoms with van der Waals surface area (Å²) in [6.07, 6.45) is 0. The van der Waals surface area contributed by atoms with Crippen LogP contribution in [0.1, 0.15) is 13.8 Å². The lowest BCUT2D eigenvalue weighted by molar-refractivity contribution is -0.114. The van der Waals surface area contributed by atoms with Gasteiger partial charge >= 0.3 is 0 Å². The maximum Gasteiger partial charge on any atom is 0.221 e. The molecule has 2 rings (SSSR count). The molecule has 0 aliphatic carbocycles. The standard InChI is InChI=1S/C14H21N3O3S/c1-3-21(19,20)17-9-7-16(8-10-17)14-6-4-5-13(11-14)15-12(2)18/h4-6,11H,3,7-10H2,1-2H3,(H,15,18). The number of carbonyl (C=O) groups excluding carboxylic acids is 1.